The number of methoxy groups -OCH3 is 1. The highest BCUT2D eigenvalue weighted by molar-refractivity contribution is 6.05. The molecule has 1 aliphatic rings. The number of nitrogens with zero attached hydrogens (tertiary/aromatic N) is 6. The number of halogens is 1. The lowest BCUT2D eigenvalue weighted by Gasteiger charge is -2.24. The number of likely N-dealkylation sites (tertiary alicyclic amines) is 1. The minimum atomic E-state index is -0.443. The summed E-state index contributed by atoms with van der Waals surface area (Å²) in [6.45, 7) is 4.69. The Bertz CT molecular complexity index is 1760. The molecule has 0 saturated carbocycles. The zero-order valence-electron chi connectivity index (χ0n) is 25.6. The Balaban J connectivity index is 1.43. The van der Waals surface area contributed by atoms with Crippen molar-refractivity contribution in [3.8, 4) is 11.4 Å². The van der Waals surface area contributed by atoms with Gasteiger partial charge in [-0.2, -0.15) is 0 Å². The summed E-state index contributed by atoms with van der Waals surface area (Å²) >= 11 is 0. The van der Waals surface area contributed by atoms with Gasteiger partial charge in [-0.3, -0.25) is 28.4 Å². The van der Waals surface area contributed by atoms with Gasteiger partial charge >= 0.3 is 5.69 Å². The zero-order valence-corrected chi connectivity index (χ0v) is 25.6. The van der Waals surface area contributed by atoms with Crippen LogP contribution in [-0.4, -0.2) is 74.2 Å². The summed E-state index contributed by atoms with van der Waals surface area (Å²) < 4.78 is 21.4. The van der Waals surface area contributed by atoms with Crippen LogP contribution in [0.25, 0.3) is 22.6 Å². The highest BCUT2D eigenvalue weighted by Crippen LogP contribution is 2.22. The number of pyridine rings is 1. The van der Waals surface area contributed by atoms with Gasteiger partial charge in [0.25, 0.3) is 11.5 Å². The van der Waals surface area contributed by atoms with Crippen molar-refractivity contribution in [3.05, 3.63) is 74.8 Å². The van der Waals surface area contributed by atoms with Crippen LogP contribution >= 0.6 is 0 Å². The number of aryl methyl sites for hydroxylation is 1. The van der Waals surface area contributed by atoms with E-state index in [9.17, 15) is 23.6 Å². The van der Waals surface area contributed by atoms with Crippen LogP contribution in [0, 0.1) is 5.82 Å². The van der Waals surface area contributed by atoms with Gasteiger partial charge in [-0.15, -0.1) is 0 Å². The summed E-state index contributed by atoms with van der Waals surface area (Å²) in [6, 6.07) is 8.74. The molecule has 0 spiro atoms. The number of fused-ring (bicyclic) bond motifs is 1. The average Bonchev–Trinajstić information content (AvgIpc) is 3.68. The number of unbranched alkanes of at least 4 members (excludes halogenated alkanes) is 1. The second-order valence-electron chi connectivity index (χ2n) is 11.1. The van der Waals surface area contributed by atoms with Gasteiger partial charge in [0.1, 0.15) is 23.0 Å². The molecule has 238 valence electrons. The summed E-state index contributed by atoms with van der Waals surface area (Å²) in [4.78, 5) is 67.8. The number of hydrogen-bond donors (Lipinski definition) is 1. The summed E-state index contributed by atoms with van der Waals surface area (Å²) in [7, 11) is 1.61. The largest absolute Gasteiger partial charge is 0.385 e. The molecule has 1 aliphatic heterocycles. The maximum absolute atomic E-state index is 13.6. The highest BCUT2D eigenvalue weighted by atomic mass is 19.1. The minimum absolute atomic E-state index is 0.113. The Morgan fingerprint density at radius 1 is 1.02 bits per heavy atom. The van der Waals surface area contributed by atoms with Crippen molar-refractivity contribution >= 4 is 28.8 Å². The number of rotatable bonds is 14. The second kappa shape index (κ2) is 14.4. The molecule has 0 atom stereocenters. The summed E-state index contributed by atoms with van der Waals surface area (Å²) in [5.41, 5.74) is 0.555. The minimum Gasteiger partial charge on any atom is -0.385 e. The van der Waals surface area contributed by atoms with E-state index < -0.39 is 17.1 Å². The molecular formula is C32H38FN7O5. The van der Waals surface area contributed by atoms with Gasteiger partial charge in [-0.05, 0) is 68.5 Å². The highest BCUT2D eigenvalue weighted by Gasteiger charge is 2.23. The molecule has 4 heterocycles. The molecule has 1 aromatic carbocycles. The third kappa shape index (κ3) is 7.03. The van der Waals surface area contributed by atoms with Gasteiger partial charge in [-0.25, -0.2) is 19.2 Å². The van der Waals surface area contributed by atoms with Gasteiger partial charge in [0.2, 0.25) is 5.91 Å². The first kappa shape index (κ1) is 31.8. The maximum atomic E-state index is 13.6. The number of ether oxygens (including phenoxy) is 1. The molecule has 0 bridgehead atoms. The summed E-state index contributed by atoms with van der Waals surface area (Å²) in [5.74, 6) is 0.0641. The topological polar surface area (TPSA) is 135 Å². The first-order valence-corrected chi connectivity index (χ1v) is 15.4. The van der Waals surface area contributed by atoms with Crippen LogP contribution < -0.4 is 16.1 Å². The van der Waals surface area contributed by atoms with Gasteiger partial charge in [-0.1, -0.05) is 6.92 Å². The molecule has 0 radical (unpaired) electrons. The zero-order chi connectivity index (χ0) is 31.9. The Morgan fingerprint density at radius 2 is 1.82 bits per heavy atom. The lowest BCUT2D eigenvalue weighted by Crippen LogP contribution is -2.40. The Kier molecular flexibility index (Phi) is 10.2. The van der Waals surface area contributed by atoms with E-state index in [-0.39, 0.29) is 29.5 Å². The van der Waals surface area contributed by atoms with E-state index in [0.29, 0.717) is 81.2 Å². The average molecular weight is 620 g/mol. The first-order valence-electron chi connectivity index (χ1n) is 15.4. The fourth-order valence-corrected chi connectivity index (χ4v) is 5.56. The van der Waals surface area contributed by atoms with Crippen LogP contribution in [0.4, 0.5) is 10.2 Å². The SMILES string of the molecule is CCCn1c(=O)n(CCCCOC)c(=O)c2[nH]c(-c3ccc(N(CCCN4CCCC4=O)C(=O)c4ccc(F)cc4)nc3)nc21. The second-order valence-corrected chi connectivity index (χ2v) is 11.1. The van der Waals surface area contributed by atoms with E-state index in [2.05, 4.69) is 15.0 Å². The first-order chi connectivity index (χ1) is 21.8. The molecule has 5 rings (SSSR count). The molecule has 4 aromatic rings. The van der Waals surface area contributed by atoms with Crippen molar-refractivity contribution in [3.63, 3.8) is 0 Å². The smallest absolute Gasteiger partial charge is 0.332 e. The van der Waals surface area contributed by atoms with E-state index in [1.165, 1.54) is 38.3 Å². The van der Waals surface area contributed by atoms with Crippen molar-refractivity contribution < 1.29 is 18.7 Å². The maximum Gasteiger partial charge on any atom is 0.332 e. The molecule has 1 fully saturated rings. The van der Waals surface area contributed by atoms with Crippen LogP contribution in [-0.2, 0) is 22.6 Å². The third-order valence-corrected chi connectivity index (χ3v) is 7.90. The molecule has 13 heteroatoms. The van der Waals surface area contributed by atoms with Crippen molar-refractivity contribution in [2.45, 2.75) is 58.5 Å². The number of H-pyrrole nitrogens is 1. The van der Waals surface area contributed by atoms with Crippen molar-refractivity contribution in [1.29, 1.82) is 0 Å². The van der Waals surface area contributed by atoms with E-state index in [1.807, 2.05) is 6.92 Å². The fourth-order valence-electron chi connectivity index (χ4n) is 5.56. The molecule has 12 nitrogen and oxygen atoms in total. The number of aromatic nitrogens is 5. The van der Waals surface area contributed by atoms with Gasteiger partial charge in [0, 0.05) is 70.2 Å². The molecule has 1 N–H and O–H groups in total. The summed E-state index contributed by atoms with van der Waals surface area (Å²) in [5, 5.41) is 0. The standard InChI is InChI=1S/C32H38FN7O5/c1-3-15-39-29-27(31(43)40(32(39)44)18-4-5-20-45-2)35-28(36-29)23-11-14-25(34-21-23)38(19-7-17-37-16-6-8-26(37)41)30(42)22-9-12-24(33)13-10-22/h9-14,21H,3-8,15-20H2,1-2H3,(H,35,36). The third-order valence-electron chi connectivity index (χ3n) is 7.90. The molecular weight excluding hydrogens is 581 g/mol. The van der Waals surface area contributed by atoms with Crippen LogP contribution in [0.15, 0.2) is 52.2 Å². The lowest BCUT2D eigenvalue weighted by atomic mass is 10.1. The molecule has 3 aromatic heterocycles. The number of imidazole rings is 1. The number of benzene rings is 1. The monoisotopic (exact) mass is 619 g/mol. The number of aromatic amines is 1. The quantitative estimate of drug-likeness (QED) is 0.213. The van der Waals surface area contributed by atoms with E-state index in [1.54, 1.807) is 30.3 Å². The molecule has 1 saturated heterocycles. The number of nitrogens with one attached hydrogen (secondary N) is 1. The van der Waals surface area contributed by atoms with Gasteiger partial charge < -0.3 is 14.6 Å². The lowest BCUT2D eigenvalue weighted by molar-refractivity contribution is -0.127. The van der Waals surface area contributed by atoms with Crippen LogP contribution in [0.2, 0.25) is 0 Å². The van der Waals surface area contributed by atoms with E-state index in [0.717, 1.165) is 12.8 Å². The molecule has 0 aliphatic carbocycles. The van der Waals surface area contributed by atoms with Crippen molar-refractivity contribution in [1.82, 2.24) is 29.0 Å². The van der Waals surface area contributed by atoms with Crippen molar-refractivity contribution in [2.24, 2.45) is 0 Å². The van der Waals surface area contributed by atoms with Crippen LogP contribution in [0.1, 0.15) is 55.8 Å². The number of hydrogen-bond acceptors (Lipinski definition) is 7. The van der Waals surface area contributed by atoms with Gasteiger partial charge in [0.05, 0.1) is 0 Å². The Morgan fingerprint density at radius 3 is 2.49 bits per heavy atom. The number of carbonyl (C=O) groups is 2. The van der Waals surface area contributed by atoms with Gasteiger partial charge in [0.15, 0.2) is 5.65 Å². The number of anilines is 1. The Labute approximate surface area is 259 Å². The predicted octanol–water partition coefficient (Wildman–Crippen LogP) is 3.58. The van der Waals surface area contributed by atoms with Crippen LogP contribution in [0.3, 0.4) is 0 Å². The molecule has 2 amide bonds. The van der Waals surface area contributed by atoms with Crippen LogP contribution in [0.5, 0.6) is 0 Å². The number of amides is 2. The molecule has 45 heavy (non-hydrogen) atoms. The molecule has 0 unspecified atom stereocenters. The Hall–Kier alpha value is -4.65. The van der Waals surface area contributed by atoms with E-state index >= 15 is 0 Å². The normalized spacial score (nSPS) is 13.2. The predicted molar refractivity (Wildman–Crippen MR) is 168 cm³/mol. The van der Waals surface area contributed by atoms with E-state index in [4.69, 9.17) is 4.74 Å². The summed E-state index contributed by atoms with van der Waals surface area (Å²) in [6.07, 6.45) is 5.48. The van der Waals surface area contributed by atoms with Crippen molar-refractivity contribution in [2.75, 3.05) is 38.3 Å². The number of carbonyl (C=O) groups excluding carboxylic acids is 2. The fraction of sp³-hybridized carbons (Fsp3) is 0.438.